The molecule has 4 atom stereocenters. The molecule has 0 spiro atoms. The molecule has 1 aliphatic heterocycles. The molecule has 0 radical (unpaired) electrons. The van der Waals surface area contributed by atoms with Crippen molar-refractivity contribution in [3.05, 3.63) is 71.8 Å². The van der Waals surface area contributed by atoms with Gasteiger partial charge in [0.25, 0.3) is 0 Å². The molecule has 1 heterocycles. The molecule has 2 aromatic carbocycles. The lowest BCUT2D eigenvalue weighted by Gasteiger charge is -2.27. The second kappa shape index (κ2) is 19.6. The predicted octanol–water partition coefficient (Wildman–Crippen LogP) is 0.918. The predicted molar refractivity (Wildman–Crippen MR) is 175 cm³/mol. The van der Waals surface area contributed by atoms with Crippen molar-refractivity contribution >= 4 is 23.6 Å². The number of benzene rings is 2. The number of unbranched alkanes of at least 4 members (excludes halogenated alkanes) is 1. The number of carbonyl (C=O) groups is 4. The van der Waals surface area contributed by atoms with Crippen molar-refractivity contribution in [2.75, 3.05) is 26.3 Å². The number of nitrogens with two attached hydrogens (primary N) is 2. The van der Waals surface area contributed by atoms with Crippen molar-refractivity contribution in [1.82, 2.24) is 21.3 Å². The lowest BCUT2D eigenvalue weighted by Crippen LogP contribution is -2.58. The van der Waals surface area contributed by atoms with Crippen LogP contribution in [0.2, 0.25) is 0 Å². The normalized spacial score (nSPS) is 15.8. The Balaban J connectivity index is 1.72. The van der Waals surface area contributed by atoms with Gasteiger partial charge in [-0.15, -0.1) is 0 Å². The minimum absolute atomic E-state index is 0.0405. The van der Waals surface area contributed by atoms with Gasteiger partial charge in [-0.2, -0.15) is 0 Å². The summed E-state index contributed by atoms with van der Waals surface area (Å²) in [5.74, 6) is -1.82. The average Bonchev–Trinajstić information content (AvgIpc) is 3.57. The van der Waals surface area contributed by atoms with Crippen LogP contribution in [0.4, 0.5) is 0 Å². The maximum atomic E-state index is 13.8. The van der Waals surface area contributed by atoms with Gasteiger partial charge in [0.2, 0.25) is 23.6 Å². The zero-order chi connectivity index (χ0) is 33.3. The molecular weight excluding hydrogens is 588 g/mol. The van der Waals surface area contributed by atoms with Crippen LogP contribution in [-0.2, 0) is 41.5 Å². The Morgan fingerprint density at radius 2 is 1.28 bits per heavy atom. The zero-order valence-electron chi connectivity index (χ0n) is 26.9. The van der Waals surface area contributed by atoms with Crippen LogP contribution in [0, 0.1) is 5.92 Å². The van der Waals surface area contributed by atoms with Crippen molar-refractivity contribution < 1.29 is 28.7 Å². The van der Waals surface area contributed by atoms with E-state index in [1.807, 2.05) is 74.5 Å². The minimum Gasteiger partial charge on any atom is -0.349 e. The highest BCUT2D eigenvalue weighted by Gasteiger charge is 2.31. The number of ether oxygens (including phenoxy) is 2. The van der Waals surface area contributed by atoms with Crippen LogP contribution in [0.1, 0.15) is 50.7 Å². The van der Waals surface area contributed by atoms with E-state index in [0.29, 0.717) is 51.9 Å². The summed E-state index contributed by atoms with van der Waals surface area (Å²) in [5.41, 5.74) is 13.6. The van der Waals surface area contributed by atoms with Crippen LogP contribution in [0.15, 0.2) is 60.7 Å². The van der Waals surface area contributed by atoms with Gasteiger partial charge in [-0.05, 0) is 55.7 Å². The minimum atomic E-state index is -0.991. The monoisotopic (exact) mass is 638 g/mol. The topological polar surface area (TPSA) is 187 Å². The van der Waals surface area contributed by atoms with Crippen molar-refractivity contribution in [3.63, 3.8) is 0 Å². The standard InChI is InChI=1S/C34H50N6O6/c1-23(2)19-28(33(43)38-27(15-9-10-16-35)32(42)37-22-30-45-17-18-46-30)40-34(44)29(21-25-13-7-4-8-14-25)39-31(41)26(36)20-24-11-5-3-6-12-24/h3-8,11-14,23,26-30H,9-10,15-22,35-36H2,1-2H3,(H,37,42)(H,38,43)(H,39,41)(H,40,44)/t26-,27-,28-,29-/m1/s1. The third-order valence-electron chi connectivity index (χ3n) is 7.60. The Bertz CT molecular complexity index is 1230. The summed E-state index contributed by atoms with van der Waals surface area (Å²) in [6.07, 6.45) is 1.97. The fraction of sp³-hybridized carbons (Fsp3) is 0.529. The van der Waals surface area contributed by atoms with E-state index in [0.717, 1.165) is 11.1 Å². The Morgan fingerprint density at radius 3 is 1.87 bits per heavy atom. The molecule has 0 bridgehead atoms. The molecule has 8 N–H and O–H groups in total. The molecule has 0 aromatic heterocycles. The maximum absolute atomic E-state index is 13.8. The molecule has 252 valence electrons. The maximum Gasteiger partial charge on any atom is 0.243 e. The highest BCUT2D eigenvalue weighted by Crippen LogP contribution is 2.11. The third kappa shape index (κ3) is 12.9. The van der Waals surface area contributed by atoms with Crippen LogP contribution in [0.3, 0.4) is 0 Å². The van der Waals surface area contributed by atoms with Gasteiger partial charge < -0.3 is 42.2 Å². The van der Waals surface area contributed by atoms with E-state index in [4.69, 9.17) is 20.9 Å². The zero-order valence-corrected chi connectivity index (χ0v) is 26.9. The summed E-state index contributed by atoms with van der Waals surface area (Å²) in [4.78, 5) is 53.7. The van der Waals surface area contributed by atoms with Gasteiger partial charge in [-0.1, -0.05) is 74.5 Å². The Labute approximate surface area is 271 Å². The fourth-order valence-corrected chi connectivity index (χ4v) is 5.14. The fourth-order valence-electron chi connectivity index (χ4n) is 5.14. The van der Waals surface area contributed by atoms with E-state index in [1.165, 1.54) is 0 Å². The van der Waals surface area contributed by atoms with Crippen LogP contribution in [0.25, 0.3) is 0 Å². The van der Waals surface area contributed by atoms with Gasteiger partial charge in [-0.25, -0.2) is 0 Å². The van der Waals surface area contributed by atoms with Crippen molar-refractivity contribution in [2.24, 2.45) is 17.4 Å². The number of amides is 4. The van der Waals surface area contributed by atoms with Gasteiger partial charge in [0.1, 0.15) is 18.1 Å². The number of carbonyl (C=O) groups excluding carboxylic acids is 4. The van der Waals surface area contributed by atoms with Crippen molar-refractivity contribution in [3.8, 4) is 0 Å². The molecular formula is C34H50N6O6. The first-order valence-electron chi connectivity index (χ1n) is 16.1. The first-order chi connectivity index (χ1) is 22.2. The molecule has 2 aromatic rings. The SMILES string of the molecule is CC(C)C[C@@H](NC(=O)[C@@H](Cc1ccccc1)NC(=O)[C@H](N)Cc1ccccc1)C(=O)N[C@H](CCCCN)C(=O)NCC1OCCO1. The molecule has 4 amide bonds. The Morgan fingerprint density at radius 1 is 0.739 bits per heavy atom. The molecule has 1 aliphatic rings. The van der Waals surface area contributed by atoms with E-state index >= 15 is 0 Å². The van der Waals surface area contributed by atoms with Crippen LogP contribution in [0.5, 0.6) is 0 Å². The van der Waals surface area contributed by atoms with Crippen molar-refractivity contribution in [2.45, 2.75) is 82.8 Å². The summed E-state index contributed by atoms with van der Waals surface area (Å²) in [7, 11) is 0. The molecule has 1 saturated heterocycles. The third-order valence-corrected chi connectivity index (χ3v) is 7.60. The summed E-state index contributed by atoms with van der Waals surface area (Å²) in [5, 5.41) is 11.3. The van der Waals surface area contributed by atoms with Crippen molar-refractivity contribution in [1.29, 1.82) is 0 Å². The number of hydrogen-bond acceptors (Lipinski definition) is 8. The smallest absolute Gasteiger partial charge is 0.243 e. The summed E-state index contributed by atoms with van der Waals surface area (Å²) >= 11 is 0. The van der Waals surface area contributed by atoms with Gasteiger partial charge in [0, 0.05) is 6.42 Å². The average molecular weight is 639 g/mol. The number of nitrogens with one attached hydrogen (secondary N) is 4. The van der Waals surface area contributed by atoms with E-state index in [1.54, 1.807) is 0 Å². The summed E-state index contributed by atoms with van der Waals surface area (Å²) < 4.78 is 10.8. The van der Waals surface area contributed by atoms with Gasteiger partial charge in [-0.3, -0.25) is 19.2 Å². The summed E-state index contributed by atoms with van der Waals surface area (Å²) in [6.45, 7) is 5.40. The highest BCUT2D eigenvalue weighted by atomic mass is 16.7. The second-order valence-electron chi connectivity index (χ2n) is 12.0. The molecule has 0 saturated carbocycles. The first kappa shape index (κ1) is 36.6. The molecule has 12 nitrogen and oxygen atoms in total. The lowest BCUT2D eigenvalue weighted by atomic mass is 9.99. The van der Waals surface area contributed by atoms with E-state index in [2.05, 4.69) is 21.3 Å². The molecule has 0 unspecified atom stereocenters. The van der Waals surface area contributed by atoms with E-state index in [-0.39, 0.29) is 24.8 Å². The molecule has 1 fully saturated rings. The molecule has 0 aliphatic carbocycles. The molecule has 46 heavy (non-hydrogen) atoms. The molecule has 3 rings (SSSR count). The van der Waals surface area contributed by atoms with Crippen LogP contribution in [-0.4, -0.2) is 80.4 Å². The number of hydrogen-bond donors (Lipinski definition) is 6. The van der Waals surface area contributed by atoms with E-state index < -0.39 is 48.2 Å². The lowest BCUT2D eigenvalue weighted by molar-refractivity contribution is -0.134. The number of rotatable bonds is 19. The first-order valence-corrected chi connectivity index (χ1v) is 16.1. The molecule has 12 heteroatoms. The van der Waals surface area contributed by atoms with Crippen LogP contribution < -0.4 is 32.7 Å². The Hall–Kier alpha value is -3.84. The quantitative estimate of drug-likeness (QED) is 0.123. The largest absolute Gasteiger partial charge is 0.349 e. The van der Waals surface area contributed by atoms with Gasteiger partial charge >= 0.3 is 0 Å². The van der Waals surface area contributed by atoms with Crippen LogP contribution >= 0.6 is 0 Å². The van der Waals surface area contributed by atoms with Gasteiger partial charge in [0.05, 0.1) is 25.8 Å². The summed E-state index contributed by atoms with van der Waals surface area (Å²) in [6, 6.07) is 15.0. The van der Waals surface area contributed by atoms with E-state index in [9.17, 15) is 19.2 Å². The Kier molecular flexibility index (Phi) is 15.6. The highest BCUT2D eigenvalue weighted by molar-refractivity contribution is 5.95. The second-order valence-corrected chi connectivity index (χ2v) is 12.0. The van der Waals surface area contributed by atoms with Gasteiger partial charge in [0.15, 0.2) is 6.29 Å².